The zero-order chi connectivity index (χ0) is 39.7. The molecule has 0 fully saturated rings. The largest absolute Gasteiger partial charge is 0.744 e. The second-order valence-electron chi connectivity index (χ2n) is 10.8. The SMILES string of the molecule is Cc1cc(-c2ccc(SOO[O-])cc2)c2ccc3c(-c4ccc(S(=O)(=O)[O-])cc4)cc(C)nc3c2n1.[CH-]=O.[CH-]=O.[CH-]=O.[Re].c1ccc(-c2ccncc2)cc1. The molecule has 0 unspecified atom stereocenters. The Morgan fingerprint density at radius 2 is 1.04 bits per heavy atom. The molecular formula is C40H30N3O9ReS2-5. The molecule has 15 heteroatoms. The van der Waals surface area contributed by atoms with Crippen molar-refractivity contribution in [2.24, 2.45) is 0 Å². The molecule has 0 aliphatic rings. The molecular weight excluding hydrogens is 917 g/mol. The Labute approximate surface area is 336 Å². The quantitative estimate of drug-likeness (QED) is 0.0309. The van der Waals surface area contributed by atoms with Gasteiger partial charge in [0.1, 0.15) is 10.1 Å². The van der Waals surface area contributed by atoms with Crippen LogP contribution in [0.3, 0.4) is 0 Å². The second kappa shape index (κ2) is 22.8. The van der Waals surface area contributed by atoms with Gasteiger partial charge in [0.05, 0.1) is 28.0 Å². The van der Waals surface area contributed by atoms with Crippen LogP contribution in [0.1, 0.15) is 11.4 Å². The van der Waals surface area contributed by atoms with Crippen molar-refractivity contribution in [2.45, 2.75) is 23.6 Å². The van der Waals surface area contributed by atoms with Crippen LogP contribution >= 0.6 is 12.0 Å². The van der Waals surface area contributed by atoms with Crippen LogP contribution in [0.2, 0.25) is 0 Å². The number of pyridine rings is 3. The third-order valence-electron chi connectivity index (χ3n) is 7.58. The summed E-state index contributed by atoms with van der Waals surface area (Å²) in [4.78, 5) is 37.3. The van der Waals surface area contributed by atoms with Gasteiger partial charge in [-0.05, 0) is 95.8 Å². The van der Waals surface area contributed by atoms with Crippen molar-refractivity contribution >= 4 is 64.3 Å². The molecule has 0 aliphatic heterocycles. The van der Waals surface area contributed by atoms with Crippen LogP contribution < -0.4 is 5.26 Å². The summed E-state index contributed by atoms with van der Waals surface area (Å²) in [5.74, 6) is 0. The molecule has 1 radical (unpaired) electrons. The van der Waals surface area contributed by atoms with Gasteiger partial charge in [0, 0.05) is 59.9 Å². The molecule has 3 aromatic heterocycles. The van der Waals surface area contributed by atoms with Crippen LogP contribution in [0.15, 0.2) is 137 Å². The monoisotopic (exact) mass is 947 g/mol. The van der Waals surface area contributed by atoms with Gasteiger partial charge in [-0.3, -0.25) is 40.4 Å². The number of aromatic nitrogens is 3. The summed E-state index contributed by atoms with van der Waals surface area (Å²) in [6.45, 7) is 13.6. The van der Waals surface area contributed by atoms with Gasteiger partial charge in [0.2, 0.25) is 0 Å². The van der Waals surface area contributed by atoms with Crippen LogP contribution in [0, 0.1) is 13.8 Å². The average molecular weight is 947 g/mol. The molecule has 0 atom stereocenters. The molecule has 0 spiro atoms. The third-order valence-corrected chi connectivity index (χ3v) is 9.02. The minimum atomic E-state index is -4.53. The minimum absolute atomic E-state index is 0. The first kappa shape index (κ1) is 45.8. The van der Waals surface area contributed by atoms with Gasteiger partial charge in [0.25, 0.3) is 0 Å². The molecule has 55 heavy (non-hydrogen) atoms. The summed E-state index contributed by atoms with van der Waals surface area (Å²) in [6.07, 6.45) is 3.62. The van der Waals surface area contributed by atoms with E-state index in [1.54, 1.807) is 12.1 Å². The van der Waals surface area contributed by atoms with E-state index in [-0.39, 0.29) is 25.3 Å². The van der Waals surface area contributed by atoms with E-state index in [9.17, 15) is 18.2 Å². The molecule has 0 bridgehead atoms. The van der Waals surface area contributed by atoms with Crippen LogP contribution in [-0.2, 0) is 54.3 Å². The van der Waals surface area contributed by atoms with E-state index < -0.39 is 10.1 Å². The van der Waals surface area contributed by atoms with Crippen molar-refractivity contribution in [3.05, 3.63) is 139 Å². The molecule has 4 aromatic carbocycles. The number of carbonyl (C=O) groups excluding carboxylic acids is 3. The fourth-order valence-electron chi connectivity index (χ4n) is 5.43. The molecule has 0 N–H and O–H groups in total. The van der Waals surface area contributed by atoms with Crippen molar-refractivity contribution in [3.63, 3.8) is 0 Å². The van der Waals surface area contributed by atoms with E-state index in [1.807, 2.05) is 105 Å². The molecule has 0 amide bonds. The van der Waals surface area contributed by atoms with Gasteiger partial charge >= 0.3 is 0 Å². The van der Waals surface area contributed by atoms with Crippen molar-refractivity contribution < 1.29 is 62.4 Å². The molecule has 12 nitrogen and oxygen atoms in total. The Balaban J connectivity index is 0.000000460. The Bertz CT molecular complexity index is 2330. The summed E-state index contributed by atoms with van der Waals surface area (Å²) in [5, 5.41) is 15.3. The van der Waals surface area contributed by atoms with Crippen molar-refractivity contribution in [2.75, 3.05) is 0 Å². The van der Waals surface area contributed by atoms with Gasteiger partial charge < -0.3 is 24.2 Å². The predicted octanol–water partition coefficient (Wildman–Crippen LogP) is 6.79. The maximum absolute atomic E-state index is 11.3. The topological polar surface area (TPSA) is 189 Å². The van der Waals surface area contributed by atoms with Crippen LogP contribution in [0.5, 0.6) is 0 Å². The summed E-state index contributed by atoms with van der Waals surface area (Å²) < 4.78 is 38.4. The number of hydrogen-bond acceptors (Lipinski definition) is 13. The second-order valence-corrected chi connectivity index (χ2v) is 13.0. The maximum atomic E-state index is 11.3. The van der Waals surface area contributed by atoms with Crippen LogP contribution in [0.25, 0.3) is 55.2 Å². The number of benzene rings is 4. The number of aryl methyl sites for hydroxylation is 2. The van der Waals surface area contributed by atoms with E-state index in [0.29, 0.717) is 4.90 Å². The molecule has 3 heterocycles. The third kappa shape index (κ3) is 12.1. The van der Waals surface area contributed by atoms with Gasteiger partial charge in [-0.25, -0.2) is 8.42 Å². The fourth-order valence-corrected chi connectivity index (χ4v) is 6.25. The van der Waals surface area contributed by atoms with E-state index in [0.717, 1.165) is 67.5 Å². The number of nitrogens with zero attached hydrogens (tertiary/aromatic N) is 3. The molecule has 0 saturated carbocycles. The zero-order valence-electron chi connectivity index (χ0n) is 29.1. The number of hydrogen-bond donors (Lipinski definition) is 0. The Hall–Kier alpha value is -5.34. The number of rotatable bonds is 7. The smallest absolute Gasteiger partial charge is 0.124 e. The summed E-state index contributed by atoms with van der Waals surface area (Å²) in [7, 11) is -4.53. The minimum Gasteiger partial charge on any atom is -0.744 e. The summed E-state index contributed by atoms with van der Waals surface area (Å²) in [6, 6.07) is 35.6. The van der Waals surface area contributed by atoms with Crippen molar-refractivity contribution in [1.82, 2.24) is 15.0 Å². The van der Waals surface area contributed by atoms with Crippen LogP contribution in [0.4, 0.5) is 0 Å². The van der Waals surface area contributed by atoms with E-state index in [4.69, 9.17) is 24.4 Å². The van der Waals surface area contributed by atoms with E-state index >= 15 is 0 Å². The van der Waals surface area contributed by atoms with Crippen molar-refractivity contribution in [1.29, 1.82) is 0 Å². The first-order valence-electron chi connectivity index (χ1n) is 15.4. The first-order valence-corrected chi connectivity index (χ1v) is 17.5. The standard InChI is InChI=1S/C26H20N2O6S2.C11H9N.3CHO.Re/c1-15-13-23(17-3-7-19(8-4-17)35-34-33-29)21-11-12-22-24(14-16(2)28-26(22)25(21)27-15)18-5-9-20(10-6-18)36(30,31)32;1-2-4-10(5-3-1)11-6-8-12-9-7-11;3*1-2;/h3-14,29H,1-2H3,(H,30,31,32);1-9H;3*1H;/q;;3*-1;/p-2. The number of fused-ring (bicyclic) bond motifs is 3. The molecule has 7 aromatic rings. The molecule has 7 rings (SSSR count). The Kier molecular flexibility index (Phi) is 19.0. The summed E-state index contributed by atoms with van der Waals surface area (Å²) in [5.41, 5.74) is 9.08. The molecule has 0 aliphatic carbocycles. The van der Waals surface area contributed by atoms with Gasteiger partial charge in [0.15, 0.2) is 0 Å². The maximum Gasteiger partial charge on any atom is 0.124 e. The van der Waals surface area contributed by atoms with Crippen molar-refractivity contribution in [3.8, 4) is 33.4 Å². The van der Waals surface area contributed by atoms with Crippen LogP contribution in [-0.4, -0.2) is 48.3 Å². The summed E-state index contributed by atoms with van der Waals surface area (Å²) >= 11 is 0.828. The van der Waals surface area contributed by atoms with E-state index in [2.05, 4.69) is 46.9 Å². The predicted molar refractivity (Wildman–Crippen MR) is 203 cm³/mol. The average Bonchev–Trinajstić information content (AvgIpc) is 3.22. The normalized spacial score (nSPS) is 10.1. The zero-order valence-corrected chi connectivity index (χ0v) is 33.4. The Morgan fingerprint density at radius 1 is 0.600 bits per heavy atom. The van der Waals surface area contributed by atoms with Gasteiger partial charge in [-0.1, -0.05) is 66.7 Å². The van der Waals surface area contributed by atoms with Gasteiger partial charge in [-0.2, -0.15) is 4.33 Å². The fraction of sp³-hybridized carbons (Fsp3) is 0.0500. The molecule has 283 valence electrons. The molecule has 0 saturated heterocycles. The first-order chi connectivity index (χ1) is 26.2. The Morgan fingerprint density at radius 3 is 1.47 bits per heavy atom. The van der Waals surface area contributed by atoms with Gasteiger partial charge in [-0.15, -0.1) is 0 Å². The van der Waals surface area contributed by atoms with E-state index in [1.165, 1.54) is 23.3 Å².